The molecule has 1 unspecified atom stereocenters. The van der Waals surface area contributed by atoms with Crippen LogP contribution in [0.5, 0.6) is 0 Å². The van der Waals surface area contributed by atoms with Gasteiger partial charge in [-0.15, -0.1) is 0 Å². The third-order valence-electron chi connectivity index (χ3n) is 3.86. The number of hydrogen-bond donors (Lipinski definition) is 1. The molecule has 1 atom stereocenters. The van der Waals surface area contributed by atoms with Crippen LogP contribution in [0.4, 0.5) is 0 Å². The predicted molar refractivity (Wildman–Crippen MR) is 82.0 cm³/mol. The summed E-state index contributed by atoms with van der Waals surface area (Å²) >= 11 is 0. The van der Waals surface area contributed by atoms with E-state index in [0.717, 1.165) is 6.54 Å². The summed E-state index contributed by atoms with van der Waals surface area (Å²) in [6, 6.07) is 0. The Morgan fingerprint density at radius 2 is 1.33 bits per heavy atom. The van der Waals surface area contributed by atoms with Gasteiger partial charge in [-0.3, -0.25) is 0 Å². The van der Waals surface area contributed by atoms with E-state index in [4.69, 9.17) is 5.73 Å². The van der Waals surface area contributed by atoms with Crippen molar-refractivity contribution in [2.24, 2.45) is 11.7 Å². The molecule has 3 nitrogen and oxygen atoms in total. The number of nitrogens with zero attached hydrogens (tertiary/aromatic N) is 2. The molecule has 110 valence electrons. The van der Waals surface area contributed by atoms with Crippen molar-refractivity contribution in [1.82, 2.24) is 9.80 Å². The van der Waals surface area contributed by atoms with Crippen LogP contribution >= 0.6 is 0 Å². The Morgan fingerprint density at radius 1 is 0.833 bits per heavy atom. The zero-order chi connectivity index (χ0) is 13.8. The average molecular weight is 257 g/mol. The molecule has 0 heterocycles. The molecule has 0 aromatic heterocycles. The van der Waals surface area contributed by atoms with Crippen LogP contribution < -0.4 is 5.73 Å². The summed E-state index contributed by atoms with van der Waals surface area (Å²) in [5, 5.41) is 0. The van der Waals surface area contributed by atoms with Crippen molar-refractivity contribution in [2.75, 3.05) is 45.8 Å². The minimum absolute atomic E-state index is 0.680. The topological polar surface area (TPSA) is 32.5 Å². The lowest BCUT2D eigenvalue weighted by Crippen LogP contribution is -2.30. The zero-order valence-electron chi connectivity index (χ0n) is 13.1. The number of nitrogens with two attached hydrogens (primary N) is 1. The highest BCUT2D eigenvalue weighted by molar-refractivity contribution is 4.61. The molecule has 0 aromatic rings. The second-order valence-electron chi connectivity index (χ2n) is 5.30. The second kappa shape index (κ2) is 11.9. The van der Waals surface area contributed by atoms with Crippen LogP contribution in [0.2, 0.25) is 0 Å². The second-order valence-corrected chi connectivity index (χ2v) is 5.30. The highest BCUT2D eigenvalue weighted by Gasteiger charge is 2.05. The Hall–Kier alpha value is -0.120. The molecule has 0 fully saturated rings. The minimum Gasteiger partial charge on any atom is -0.330 e. The molecule has 0 saturated heterocycles. The molecule has 0 bridgehead atoms. The largest absolute Gasteiger partial charge is 0.330 e. The molecule has 18 heavy (non-hydrogen) atoms. The SMILES string of the molecule is CCN(CC)CCCN(CC)CCCC(C)CN. The minimum atomic E-state index is 0.680. The molecule has 0 saturated carbocycles. The van der Waals surface area contributed by atoms with Gasteiger partial charge in [0.25, 0.3) is 0 Å². The summed E-state index contributed by atoms with van der Waals surface area (Å²) in [4.78, 5) is 5.08. The van der Waals surface area contributed by atoms with Crippen LogP contribution in [0.15, 0.2) is 0 Å². The van der Waals surface area contributed by atoms with Gasteiger partial charge in [0.2, 0.25) is 0 Å². The van der Waals surface area contributed by atoms with Gasteiger partial charge in [0.1, 0.15) is 0 Å². The van der Waals surface area contributed by atoms with E-state index in [1.165, 1.54) is 58.5 Å². The van der Waals surface area contributed by atoms with Gasteiger partial charge in [0.15, 0.2) is 0 Å². The molecule has 0 aliphatic heterocycles. The first-order chi connectivity index (χ1) is 8.67. The lowest BCUT2D eigenvalue weighted by Gasteiger charge is -2.23. The van der Waals surface area contributed by atoms with Crippen LogP contribution in [0.1, 0.15) is 47.0 Å². The quantitative estimate of drug-likeness (QED) is 0.583. The first kappa shape index (κ1) is 17.9. The van der Waals surface area contributed by atoms with Gasteiger partial charge >= 0.3 is 0 Å². The normalized spacial score (nSPS) is 13.5. The molecule has 3 heteroatoms. The Morgan fingerprint density at radius 3 is 1.83 bits per heavy atom. The van der Waals surface area contributed by atoms with Crippen molar-refractivity contribution in [3.63, 3.8) is 0 Å². The van der Waals surface area contributed by atoms with E-state index < -0.39 is 0 Å². The molecule has 0 aliphatic carbocycles. The summed E-state index contributed by atoms with van der Waals surface area (Å²) in [5.41, 5.74) is 5.65. The summed E-state index contributed by atoms with van der Waals surface area (Å²) in [6.45, 7) is 17.1. The third-order valence-corrected chi connectivity index (χ3v) is 3.86. The lowest BCUT2D eigenvalue weighted by molar-refractivity contribution is 0.238. The average Bonchev–Trinajstić information content (AvgIpc) is 2.41. The van der Waals surface area contributed by atoms with Crippen molar-refractivity contribution in [2.45, 2.75) is 47.0 Å². The maximum atomic E-state index is 5.65. The first-order valence-corrected chi connectivity index (χ1v) is 7.82. The van der Waals surface area contributed by atoms with Gasteiger partial charge in [-0.2, -0.15) is 0 Å². The molecule has 0 amide bonds. The van der Waals surface area contributed by atoms with Gasteiger partial charge in [0, 0.05) is 0 Å². The summed E-state index contributed by atoms with van der Waals surface area (Å²) < 4.78 is 0. The molecule has 0 aromatic carbocycles. The van der Waals surface area contributed by atoms with E-state index in [1.807, 2.05) is 0 Å². The molecular formula is C15H35N3. The Kier molecular flexibility index (Phi) is 11.9. The van der Waals surface area contributed by atoms with Crippen molar-refractivity contribution in [3.05, 3.63) is 0 Å². The van der Waals surface area contributed by atoms with Crippen molar-refractivity contribution >= 4 is 0 Å². The molecule has 0 spiro atoms. The monoisotopic (exact) mass is 257 g/mol. The van der Waals surface area contributed by atoms with Crippen LogP contribution in [0.25, 0.3) is 0 Å². The smallest absolute Gasteiger partial charge is 0.000666 e. The van der Waals surface area contributed by atoms with Crippen LogP contribution in [-0.4, -0.2) is 55.6 Å². The van der Waals surface area contributed by atoms with Crippen molar-refractivity contribution in [1.29, 1.82) is 0 Å². The summed E-state index contributed by atoms with van der Waals surface area (Å²) in [5.74, 6) is 0.680. The Balaban J connectivity index is 3.63. The van der Waals surface area contributed by atoms with Crippen LogP contribution in [-0.2, 0) is 0 Å². The van der Waals surface area contributed by atoms with Crippen LogP contribution in [0.3, 0.4) is 0 Å². The summed E-state index contributed by atoms with van der Waals surface area (Å²) in [7, 11) is 0. The van der Waals surface area contributed by atoms with Crippen molar-refractivity contribution < 1.29 is 0 Å². The molecule has 2 N–H and O–H groups in total. The zero-order valence-corrected chi connectivity index (χ0v) is 13.1. The van der Waals surface area contributed by atoms with Gasteiger partial charge in [-0.1, -0.05) is 27.7 Å². The number of rotatable bonds is 12. The van der Waals surface area contributed by atoms with Gasteiger partial charge in [-0.05, 0) is 71.0 Å². The van der Waals surface area contributed by atoms with Crippen LogP contribution in [0, 0.1) is 5.92 Å². The third kappa shape index (κ3) is 8.90. The molecule has 0 radical (unpaired) electrons. The lowest BCUT2D eigenvalue weighted by atomic mass is 10.1. The molecular weight excluding hydrogens is 222 g/mol. The molecule has 0 rings (SSSR count). The fourth-order valence-electron chi connectivity index (χ4n) is 2.27. The van der Waals surface area contributed by atoms with Gasteiger partial charge in [-0.25, -0.2) is 0 Å². The Bertz CT molecular complexity index is 169. The van der Waals surface area contributed by atoms with Gasteiger partial charge in [0.05, 0.1) is 0 Å². The summed E-state index contributed by atoms with van der Waals surface area (Å²) in [6.07, 6.45) is 3.85. The van der Waals surface area contributed by atoms with E-state index in [2.05, 4.69) is 37.5 Å². The van der Waals surface area contributed by atoms with Gasteiger partial charge < -0.3 is 15.5 Å². The van der Waals surface area contributed by atoms with E-state index in [0.29, 0.717) is 5.92 Å². The number of hydrogen-bond acceptors (Lipinski definition) is 3. The van der Waals surface area contributed by atoms with Crippen molar-refractivity contribution in [3.8, 4) is 0 Å². The first-order valence-electron chi connectivity index (χ1n) is 7.82. The fourth-order valence-corrected chi connectivity index (χ4v) is 2.27. The predicted octanol–water partition coefficient (Wildman–Crippen LogP) is 2.42. The Labute approximate surface area is 115 Å². The molecule has 0 aliphatic rings. The maximum Gasteiger partial charge on any atom is -0.000666 e. The maximum absolute atomic E-state index is 5.65. The van der Waals surface area contributed by atoms with E-state index in [-0.39, 0.29) is 0 Å². The van der Waals surface area contributed by atoms with E-state index in [9.17, 15) is 0 Å². The highest BCUT2D eigenvalue weighted by Crippen LogP contribution is 2.05. The van der Waals surface area contributed by atoms with E-state index in [1.54, 1.807) is 0 Å². The highest BCUT2D eigenvalue weighted by atomic mass is 15.1. The standard InChI is InChI=1S/C15H35N3/c1-5-17(6-2)12-9-13-18(7-3)11-8-10-15(4)14-16/h15H,5-14,16H2,1-4H3. The fraction of sp³-hybridized carbons (Fsp3) is 1.00. The van der Waals surface area contributed by atoms with E-state index >= 15 is 0 Å².